The number of carboxylic acid groups (broad SMARTS) is 1. The molecule has 0 aromatic heterocycles. The van der Waals surface area contributed by atoms with Gasteiger partial charge in [-0.2, -0.15) is 0 Å². The minimum atomic E-state index is -1.14. The molecule has 1 amide bonds. The van der Waals surface area contributed by atoms with Crippen molar-refractivity contribution in [2.75, 3.05) is 5.32 Å². The Bertz CT molecular complexity index is 982. The summed E-state index contributed by atoms with van der Waals surface area (Å²) in [5.74, 6) is -1.34. The van der Waals surface area contributed by atoms with Gasteiger partial charge < -0.3 is 14.9 Å². The van der Waals surface area contributed by atoms with Crippen LogP contribution < -0.4 is 5.32 Å². The summed E-state index contributed by atoms with van der Waals surface area (Å²) in [5, 5.41) is 21.9. The van der Waals surface area contributed by atoms with Crippen LogP contribution >= 0.6 is 15.9 Å². The fourth-order valence-corrected chi connectivity index (χ4v) is 3.15. The Morgan fingerprint density at radius 2 is 1.77 bits per heavy atom. The van der Waals surface area contributed by atoms with Gasteiger partial charge >= 0.3 is 12.1 Å². The third-order valence-electron chi connectivity index (χ3n) is 4.37. The molecule has 158 valence electrons. The smallest absolute Gasteiger partial charge is 0.412 e. The summed E-state index contributed by atoms with van der Waals surface area (Å²) in [6.07, 6.45) is 0.563. The summed E-state index contributed by atoms with van der Waals surface area (Å²) in [4.78, 5) is 34.9. The summed E-state index contributed by atoms with van der Waals surface area (Å²) in [6.45, 7) is 4.82. The molecule has 2 rings (SSSR count). The highest BCUT2D eigenvalue weighted by atomic mass is 79.9. The number of carbonyl (C=O) groups excluding carboxylic acids is 2. The average Bonchev–Trinajstić information content (AvgIpc) is 2.67. The topological polar surface area (TPSA) is 113 Å². The molecular formula is C22H22BrNO6. The maximum atomic E-state index is 12.6. The number of hydrogen-bond acceptors (Lipinski definition) is 5. The number of amides is 1. The number of anilines is 1. The lowest BCUT2D eigenvalue weighted by Crippen LogP contribution is -2.28. The van der Waals surface area contributed by atoms with Crippen molar-refractivity contribution in [1.29, 1.82) is 0 Å². The van der Waals surface area contributed by atoms with Gasteiger partial charge in [-0.3, -0.25) is 10.1 Å². The molecule has 7 nitrogen and oxygen atoms in total. The lowest BCUT2D eigenvalue weighted by Gasteiger charge is -2.32. The SMILES string of the molecule is CC(=O)c1ccc(NC(=O)O[C@@H](c2cc(Br)ccc2O)C(C)(C)/C=C/C(=O)O)cc1. The standard InChI is InChI=1S/C22H22BrNO6/c1-13(25)14-4-7-16(8-5-14)24-21(29)30-20(22(2,3)11-10-19(27)28)17-12-15(23)6-9-18(17)26/h4-12,20,26H,1-3H3,(H,24,29)(H,27,28)/b11-10+/t20-/m0/s1. The lowest BCUT2D eigenvalue weighted by atomic mass is 9.81. The molecule has 0 bridgehead atoms. The van der Waals surface area contributed by atoms with Crippen molar-refractivity contribution in [3.63, 3.8) is 0 Å². The van der Waals surface area contributed by atoms with E-state index in [-0.39, 0.29) is 11.5 Å². The van der Waals surface area contributed by atoms with Gasteiger partial charge in [-0.15, -0.1) is 0 Å². The number of ketones is 1. The molecule has 8 heteroatoms. The summed E-state index contributed by atoms with van der Waals surface area (Å²) < 4.78 is 6.26. The first-order valence-electron chi connectivity index (χ1n) is 8.99. The maximum Gasteiger partial charge on any atom is 0.412 e. The van der Waals surface area contributed by atoms with Gasteiger partial charge in [0.1, 0.15) is 11.9 Å². The van der Waals surface area contributed by atoms with Crippen LogP contribution in [0.5, 0.6) is 5.75 Å². The number of phenols is 1. The Labute approximate surface area is 182 Å². The van der Waals surface area contributed by atoms with Gasteiger partial charge in [0.15, 0.2) is 5.78 Å². The zero-order valence-electron chi connectivity index (χ0n) is 16.7. The zero-order valence-corrected chi connectivity index (χ0v) is 18.3. The average molecular weight is 476 g/mol. The van der Waals surface area contributed by atoms with Crippen molar-refractivity contribution in [3.8, 4) is 5.75 Å². The Balaban J connectivity index is 2.32. The number of halogens is 1. The molecule has 3 N–H and O–H groups in total. The van der Waals surface area contributed by atoms with Gasteiger partial charge in [-0.1, -0.05) is 35.9 Å². The molecule has 0 saturated heterocycles. The second-order valence-electron chi connectivity index (χ2n) is 7.24. The van der Waals surface area contributed by atoms with Crippen molar-refractivity contribution in [2.24, 2.45) is 5.41 Å². The van der Waals surface area contributed by atoms with Crippen LogP contribution in [0.1, 0.15) is 42.8 Å². The summed E-state index contributed by atoms with van der Waals surface area (Å²) in [5.41, 5.74) is 0.269. The normalized spacial score (nSPS) is 12.4. The first-order valence-corrected chi connectivity index (χ1v) is 9.78. The summed E-state index contributed by atoms with van der Waals surface area (Å²) in [6, 6.07) is 11.0. The highest BCUT2D eigenvalue weighted by Crippen LogP contribution is 2.42. The van der Waals surface area contributed by atoms with E-state index in [1.165, 1.54) is 19.1 Å². The van der Waals surface area contributed by atoms with Crippen molar-refractivity contribution < 1.29 is 29.3 Å². The van der Waals surface area contributed by atoms with Crippen molar-refractivity contribution in [2.45, 2.75) is 26.9 Å². The van der Waals surface area contributed by atoms with Gasteiger partial charge in [0.2, 0.25) is 0 Å². The van der Waals surface area contributed by atoms with Crippen LogP contribution in [-0.2, 0) is 9.53 Å². The van der Waals surface area contributed by atoms with Crippen LogP contribution in [0.25, 0.3) is 0 Å². The van der Waals surface area contributed by atoms with E-state index in [1.54, 1.807) is 50.2 Å². The molecule has 0 unspecified atom stereocenters. The molecule has 0 heterocycles. The van der Waals surface area contributed by atoms with Crippen LogP contribution in [0, 0.1) is 5.41 Å². The molecule has 0 radical (unpaired) electrons. The molecule has 2 aromatic rings. The molecule has 30 heavy (non-hydrogen) atoms. The van der Waals surface area contributed by atoms with E-state index in [9.17, 15) is 19.5 Å². The van der Waals surface area contributed by atoms with E-state index in [0.717, 1.165) is 6.08 Å². The molecule has 0 aliphatic heterocycles. The van der Waals surface area contributed by atoms with Crippen molar-refractivity contribution >= 4 is 39.5 Å². The van der Waals surface area contributed by atoms with Crippen LogP contribution in [0.2, 0.25) is 0 Å². The number of carboxylic acids is 1. The molecular weight excluding hydrogens is 454 g/mol. The molecule has 2 aromatic carbocycles. The summed E-state index contributed by atoms with van der Waals surface area (Å²) >= 11 is 3.33. The van der Waals surface area contributed by atoms with E-state index >= 15 is 0 Å². The molecule has 0 aliphatic carbocycles. The largest absolute Gasteiger partial charge is 0.508 e. The third-order valence-corrected chi connectivity index (χ3v) is 4.86. The fourth-order valence-electron chi connectivity index (χ4n) is 2.77. The number of aliphatic carboxylic acids is 1. The second-order valence-corrected chi connectivity index (χ2v) is 8.16. The van der Waals surface area contributed by atoms with E-state index < -0.39 is 23.6 Å². The first kappa shape index (κ1) is 23.2. The number of ether oxygens (including phenoxy) is 1. The Morgan fingerprint density at radius 1 is 1.13 bits per heavy atom. The number of nitrogens with one attached hydrogen (secondary N) is 1. The number of phenolic OH excluding ortho intramolecular Hbond substituents is 1. The van der Waals surface area contributed by atoms with Crippen LogP contribution in [0.4, 0.5) is 10.5 Å². The third kappa shape index (κ3) is 6.18. The van der Waals surface area contributed by atoms with E-state index in [1.807, 2.05) is 0 Å². The number of hydrogen-bond donors (Lipinski definition) is 3. The highest BCUT2D eigenvalue weighted by molar-refractivity contribution is 9.10. The van der Waals surface area contributed by atoms with Crippen molar-refractivity contribution in [3.05, 3.63) is 70.2 Å². The van der Waals surface area contributed by atoms with Gasteiger partial charge in [0, 0.05) is 32.8 Å². The molecule has 0 saturated carbocycles. The minimum Gasteiger partial charge on any atom is -0.508 e. The van der Waals surface area contributed by atoms with Gasteiger partial charge in [-0.25, -0.2) is 9.59 Å². The zero-order chi connectivity index (χ0) is 22.5. The quantitative estimate of drug-likeness (QED) is 0.369. The van der Waals surface area contributed by atoms with E-state index in [4.69, 9.17) is 9.84 Å². The first-order chi connectivity index (χ1) is 14.0. The summed E-state index contributed by atoms with van der Waals surface area (Å²) in [7, 11) is 0. The number of benzene rings is 2. The molecule has 0 fully saturated rings. The predicted molar refractivity (Wildman–Crippen MR) is 116 cm³/mol. The Hall–Kier alpha value is -3.13. The Morgan fingerprint density at radius 3 is 2.33 bits per heavy atom. The van der Waals surface area contributed by atoms with Gasteiger partial charge in [-0.05, 0) is 49.4 Å². The van der Waals surface area contributed by atoms with E-state index in [2.05, 4.69) is 21.2 Å². The number of Topliss-reactive ketones (excluding diaryl/α,β-unsaturated/α-hetero) is 1. The second kappa shape index (κ2) is 9.58. The number of rotatable bonds is 7. The predicted octanol–water partition coefficient (Wildman–Crippen LogP) is 5.31. The van der Waals surface area contributed by atoms with Crippen molar-refractivity contribution in [1.82, 2.24) is 0 Å². The minimum absolute atomic E-state index is 0.0960. The van der Waals surface area contributed by atoms with Crippen LogP contribution in [0.15, 0.2) is 59.1 Å². The monoisotopic (exact) mass is 475 g/mol. The molecule has 0 aliphatic rings. The Kier molecular flexibility index (Phi) is 7.39. The number of carbonyl (C=O) groups is 3. The van der Waals surface area contributed by atoms with E-state index in [0.29, 0.717) is 21.3 Å². The molecule has 1 atom stereocenters. The van der Waals surface area contributed by atoms with Gasteiger partial charge in [0.25, 0.3) is 0 Å². The number of aromatic hydroxyl groups is 1. The van der Waals surface area contributed by atoms with Crippen LogP contribution in [0.3, 0.4) is 0 Å². The molecule has 0 spiro atoms. The fraction of sp³-hybridized carbons (Fsp3) is 0.227. The van der Waals surface area contributed by atoms with Gasteiger partial charge in [0.05, 0.1) is 0 Å². The highest BCUT2D eigenvalue weighted by Gasteiger charge is 2.34. The maximum absolute atomic E-state index is 12.6. The lowest BCUT2D eigenvalue weighted by molar-refractivity contribution is -0.131. The van der Waals surface area contributed by atoms with Crippen LogP contribution in [-0.4, -0.2) is 28.1 Å².